The first-order valence-electron chi connectivity index (χ1n) is 22.9. The van der Waals surface area contributed by atoms with Gasteiger partial charge in [0.2, 0.25) is 0 Å². The summed E-state index contributed by atoms with van der Waals surface area (Å²) in [6.07, 6.45) is 31.1. The van der Waals surface area contributed by atoms with Gasteiger partial charge in [-0.2, -0.15) is 0 Å². The Balaban J connectivity index is 0.000000221. The van der Waals surface area contributed by atoms with E-state index >= 15 is 0 Å². The summed E-state index contributed by atoms with van der Waals surface area (Å²) in [5.74, 6) is 4.96. The van der Waals surface area contributed by atoms with Crippen molar-refractivity contribution in [1.29, 1.82) is 0 Å². The van der Waals surface area contributed by atoms with Gasteiger partial charge in [0.05, 0.1) is 18.2 Å². The number of aromatic nitrogens is 4. The lowest BCUT2D eigenvalue weighted by atomic mass is 9.77. The normalized spacial score (nSPS) is 19.3. The molecule has 0 bridgehead atoms. The van der Waals surface area contributed by atoms with Gasteiger partial charge in [-0.1, -0.05) is 104 Å². The monoisotopic (exact) mass is 813 g/mol. The van der Waals surface area contributed by atoms with Gasteiger partial charge >= 0.3 is 0 Å². The summed E-state index contributed by atoms with van der Waals surface area (Å²) in [4.78, 5) is 18.5. The molecule has 316 valence electrons. The summed E-state index contributed by atoms with van der Waals surface area (Å²) >= 11 is 6.43. The Hall–Kier alpha value is -3.58. The van der Waals surface area contributed by atoms with Crippen LogP contribution in [-0.4, -0.2) is 33.1 Å². The van der Waals surface area contributed by atoms with E-state index in [2.05, 4.69) is 48.7 Å². The summed E-state index contributed by atoms with van der Waals surface area (Å²) in [6.45, 7) is 10.0. The fourth-order valence-corrected chi connectivity index (χ4v) is 8.74. The van der Waals surface area contributed by atoms with Crippen molar-refractivity contribution in [2.75, 3.05) is 13.2 Å². The number of hydrogen-bond donors (Lipinski definition) is 0. The molecule has 6 rings (SSSR count). The zero-order valence-corrected chi connectivity index (χ0v) is 36.8. The van der Waals surface area contributed by atoms with Crippen molar-refractivity contribution in [1.82, 2.24) is 19.9 Å². The molecule has 2 aromatic heterocycles. The topological polar surface area (TPSA) is 70.0 Å². The maximum Gasteiger partial charge on any atom is 0.165 e. The Labute approximate surface area is 354 Å². The SMILES string of the molecule is CCCCC[C@H]1CC[C@H](c2ccnc(-c3ccc(OCCCC)c(Cl)c3)n2)CC1.CCCCC[C@H]1CC[C@H](c2cnc(-c3ccc(OCCCC)c(F)c3)nc2)CC1. The van der Waals surface area contributed by atoms with E-state index in [0.29, 0.717) is 47.2 Å². The minimum absolute atomic E-state index is 0.300. The van der Waals surface area contributed by atoms with Crippen LogP contribution in [0.5, 0.6) is 11.5 Å². The number of benzene rings is 2. The molecule has 2 aliphatic rings. The molecule has 0 N–H and O–H groups in total. The Morgan fingerprint density at radius 2 is 1.12 bits per heavy atom. The molecule has 0 unspecified atom stereocenters. The average molecular weight is 814 g/mol. The molecule has 6 nitrogen and oxygen atoms in total. The highest BCUT2D eigenvalue weighted by atomic mass is 35.5. The number of nitrogens with zero attached hydrogens (tertiary/aromatic N) is 4. The molecule has 0 amide bonds. The van der Waals surface area contributed by atoms with E-state index in [9.17, 15) is 4.39 Å². The third-order valence-electron chi connectivity index (χ3n) is 12.3. The van der Waals surface area contributed by atoms with Gasteiger partial charge in [-0.25, -0.2) is 24.3 Å². The highest BCUT2D eigenvalue weighted by Gasteiger charge is 2.24. The Kier molecular flexibility index (Phi) is 19.7. The summed E-state index contributed by atoms with van der Waals surface area (Å²) < 4.78 is 25.5. The second-order valence-electron chi connectivity index (χ2n) is 16.8. The van der Waals surface area contributed by atoms with E-state index in [1.54, 1.807) is 6.07 Å². The lowest BCUT2D eigenvalue weighted by Gasteiger charge is -2.28. The van der Waals surface area contributed by atoms with Crippen LogP contribution >= 0.6 is 11.6 Å². The maximum absolute atomic E-state index is 14.3. The largest absolute Gasteiger partial charge is 0.492 e. The quantitative estimate of drug-likeness (QED) is 0.0828. The molecule has 4 aromatic rings. The fraction of sp³-hybridized carbons (Fsp3) is 0.600. The molecule has 2 aliphatic carbocycles. The van der Waals surface area contributed by atoms with Gasteiger partial charge in [0.25, 0.3) is 0 Å². The molecule has 2 heterocycles. The van der Waals surface area contributed by atoms with Crippen LogP contribution in [0.3, 0.4) is 0 Å². The zero-order valence-electron chi connectivity index (χ0n) is 36.0. The smallest absolute Gasteiger partial charge is 0.165 e. The van der Waals surface area contributed by atoms with Gasteiger partial charge in [-0.3, -0.25) is 0 Å². The van der Waals surface area contributed by atoms with Gasteiger partial charge < -0.3 is 9.47 Å². The van der Waals surface area contributed by atoms with Crippen molar-refractivity contribution < 1.29 is 13.9 Å². The van der Waals surface area contributed by atoms with Crippen LogP contribution in [0.25, 0.3) is 22.8 Å². The van der Waals surface area contributed by atoms with Crippen LogP contribution < -0.4 is 9.47 Å². The molecule has 0 radical (unpaired) electrons. The van der Waals surface area contributed by atoms with E-state index in [1.165, 1.54) is 120 Å². The van der Waals surface area contributed by atoms with E-state index in [-0.39, 0.29) is 5.82 Å². The molecule has 2 saturated carbocycles. The van der Waals surface area contributed by atoms with Crippen molar-refractivity contribution >= 4 is 11.6 Å². The first kappa shape index (κ1) is 45.5. The molecule has 0 aliphatic heterocycles. The average Bonchev–Trinajstić information content (AvgIpc) is 3.26. The fourth-order valence-electron chi connectivity index (χ4n) is 8.50. The molecule has 2 aromatic carbocycles. The second-order valence-corrected chi connectivity index (χ2v) is 17.2. The molecule has 2 fully saturated rings. The molecular weight excluding hydrogens is 743 g/mol. The summed E-state index contributed by atoms with van der Waals surface area (Å²) in [5.41, 5.74) is 4.05. The van der Waals surface area contributed by atoms with Crippen LogP contribution in [-0.2, 0) is 0 Å². The van der Waals surface area contributed by atoms with Crippen LogP contribution in [0.15, 0.2) is 61.1 Å². The van der Waals surface area contributed by atoms with E-state index in [0.717, 1.165) is 54.7 Å². The molecule has 58 heavy (non-hydrogen) atoms. The van der Waals surface area contributed by atoms with Gasteiger partial charge in [0.15, 0.2) is 23.2 Å². The lowest BCUT2D eigenvalue weighted by Crippen LogP contribution is -2.14. The standard InChI is InChI=1S/C25H35ClN2O.C25H35FN2O/c1-3-5-7-8-19-9-11-20(12-10-19)23-15-16-27-25(28-23)21-13-14-24(22(26)18-21)29-17-6-4-2;1-3-5-7-8-19-9-11-20(12-10-19)22-17-27-25(28-18-22)21-13-14-24(23(26)16-21)29-15-6-4-2/h13-16,18-20H,3-12,17H2,1-2H3;13-14,16-20H,3-12,15H2,1-2H3/t2*19-,20-. The number of halogens is 2. The predicted octanol–water partition coefficient (Wildman–Crippen LogP) is 15.1. The van der Waals surface area contributed by atoms with E-state index < -0.39 is 0 Å². The van der Waals surface area contributed by atoms with Crippen LogP contribution in [0.1, 0.15) is 179 Å². The molecule has 0 saturated heterocycles. The van der Waals surface area contributed by atoms with Crippen LogP contribution in [0.4, 0.5) is 4.39 Å². The number of ether oxygens (including phenoxy) is 2. The summed E-state index contributed by atoms with van der Waals surface area (Å²) in [5, 5.41) is 0.625. The van der Waals surface area contributed by atoms with E-state index in [4.69, 9.17) is 26.1 Å². The van der Waals surface area contributed by atoms with Crippen molar-refractivity contribution in [3.05, 3.63) is 83.2 Å². The molecular formula is C50H70ClFN4O2. The van der Waals surface area contributed by atoms with Crippen molar-refractivity contribution in [2.24, 2.45) is 11.8 Å². The summed E-state index contributed by atoms with van der Waals surface area (Å²) in [6, 6.07) is 12.9. The van der Waals surface area contributed by atoms with Gasteiger partial charge in [0, 0.05) is 41.3 Å². The Bertz CT molecular complexity index is 1760. The number of unbranched alkanes of at least 4 members (excludes halogenated alkanes) is 6. The zero-order chi connectivity index (χ0) is 41.0. The summed E-state index contributed by atoms with van der Waals surface area (Å²) in [7, 11) is 0. The third kappa shape index (κ3) is 14.3. The number of hydrogen-bond acceptors (Lipinski definition) is 6. The first-order valence-corrected chi connectivity index (χ1v) is 23.3. The number of rotatable bonds is 20. The minimum atomic E-state index is -0.354. The third-order valence-corrected chi connectivity index (χ3v) is 12.6. The lowest BCUT2D eigenvalue weighted by molar-refractivity contribution is 0.294. The van der Waals surface area contributed by atoms with Gasteiger partial charge in [-0.05, 0) is 130 Å². The van der Waals surface area contributed by atoms with E-state index in [1.807, 2.05) is 42.9 Å². The highest BCUT2D eigenvalue weighted by Crippen LogP contribution is 2.39. The van der Waals surface area contributed by atoms with Crippen LogP contribution in [0.2, 0.25) is 5.02 Å². The Morgan fingerprint density at radius 1 is 0.586 bits per heavy atom. The molecule has 0 atom stereocenters. The second kappa shape index (κ2) is 25.1. The van der Waals surface area contributed by atoms with Crippen molar-refractivity contribution in [3.63, 3.8) is 0 Å². The van der Waals surface area contributed by atoms with Crippen molar-refractivity contribution in [3.8, 4) is 34.3 Å². The van der Waals surface area contributed by atoms with Crippen LogP contribution in [0, 0.1) is 17.7 Å². The van der Waals surface area contributed by atoms with Gasteiger partial charge in [0.1, 0.15) is 5.75 Å². The van der Waals surface area contributed by atoms with Crippen molar-refractivity contribution in [2.45, 2.75) is 168 Å². The molecule has 0 spiro atoms. The Morgan fingerprint density at radius 3 is 1.67 bits per heavy atom. The predicted molar refractivity (Wildman–Crippen MR) is 238 cm³/mol. The molecule has 8 heteroatoms. The first-order chi connectivity index (χ1) is 28.4. The maximum atomic E-state index is 14.3. The minimum Gasteiger partial charge on any atom is -0.492 e. The highest BCUT2D eigenvalue weighted by molar-refractivity contribution is 6.32. The van der Waals surface area contributed by atoms with Gasteiger partial charge in [-0.15, -0.1) is 0 Å².